The molecular weight excluding hydrogens is 454 g/mol. The van der Waals surface area contributed by atoms with Gasteiger partial charge in [0, 0.05) is 76.6 Å². The summed E-state index contributed by atoms with van der Waals surface area (Å²) >= 11 is 0. The summed E-state index contributed by atoms with van der Waals surface area (Å²) < 4.78 is 5.49. The smallest absolute Gasteiger partial charge is 0.300 e. The van der Waals surface area contributed by atoms with Crippen LogP contribution in [-0.4, -0.2) is 87.9 Å². The van der Waals surface area contributed by atoms with Gasteiger partial charge in [-0.1, -0.05) is 0 Å². The predicted molar refractivity (Wildman–Crippen MR) is 131 cm³/mol. The maximum Gasteiger partial charge on any atom is 0.300 e. The lowest BCUT2D eigenvalue weighted by atomic mass is 10.0. The average Bonchev–Trinajstić information content (AvgIpc) is 2.95. The van der Waals surface area contributed by atoms with Gasteiger partial charge in [0.25, 0.3) is 11.9 Å². The topological polar surface area (TPSA) is 168 Å². The highest BCUT2D eigenvalue weighted by Crippen LogP contribution is 2.22. The molecule has 0 spiro atoms. The van der Waals surface area contributed by atoms with E-state index in [2.05, 4.69) is 20.2 Å². The number of hydrogen-bond acceptors (Lipinski definition) is 8. The highest BCUT2D eigenvalue weighted by Gasteiger charge is 2.31. The van der Waals surface area contributed by atoms with E-state index < -0.39 is 11.9 Å². The molecule has 0 bridgehead atoms. The Morgan fingerprint density at radius 3 is 2.11 bits per heavy atom. The Morgan fingerprint density at radius 2 is 1.57 bits per heavy atom. The molecule has 2 saturated heterocycles. The number of aryl methyl sites for hydroxylation is 2. The molecule has 2 aliphatic heterocycles. The molecule has 11 nitrogen and oxygen atoms in total. The van der Waals surface area contributed by atoms with Crippen molar-refractivity contribution in [3.8, 4) is 0 Å². The Hall–Kier alpha value is -2.63. The molecule has 11 heteroatoms. The summed E-state index contributed by atoms with van der Waals surface area (Å²) in [7, 11) is 0. The molecule has 2 atom stereocenters. The zero-order chi connectivity index (χ0) is 26.4. The van der Waals surface area contributed by atoms with Crippen LogP contribution in [0.1, 0.15) is 56.7 Å². The minimum absolute atomic E-state index is 0.00144. The molecule has 3 heterocycles. The fraction of sp³-hybridized carbons (Fsp3) is 0.708. The summed E-state index contributed by atoms with van der Waals surface area (Å²) in [6.45, 7) is 9.97. The van der Waals surface area contributed by atoms with Gasteiger partial charge in [-0.05, 0) is 45.6 Å². The molecule has 0 radical (unpaired) electrons. The summed E-state index contributed by atoms with van der Waals surface area (Å²) in [5.41, 5.74) is 8.21. The van der Waals surface area contributed by atoms with E-state index in [9.17, 15) is 4.79 Å². The lowest BCUT2D eigenvalue weighted by Crippen LogP contribution is -2.47. The SMILES string of the molecule is CC(=O)O.CC(=O)O.Cc1cc(C)nc(CCNC(=O)[C@@H]2CC[C@H](N)CN(C3CCOCC3)C2)n1. The number of nitrogens with zero attached hydrogens (tertiary/aromatic N) is 3. The molecule has 5 N–H and O–H groups in total. The summed E-state index contributed by atoms with van der Waals surface area (Å²) in [5.74, 6) is -0.744. The van der Waals surface area contributed by atoms with E-state index in [0.29, 0.717) is 19.0 Å². The number of carbonyl (C=O) groups excluding carboxylic acids is 1. The van der Waals surface area contributed by atoms with Gasteiger partial charge in [0.2, 0.25) is 5.91 Å². The second kappa shape index (κ2) is 16.1. The maximum atomic E-state index is 12.8. The van der Waals surface area contributed by atoms with Crippen LogP contribution in [0.4, 0.5) is 0 Å². The molecule has 0 aromatic carbocycles. The Balaban J connectivity index is 0.000000668. The number of nitrogens with one attached hydrogen (secondary N) is 1. The van der Waals surface area contributed by atoms with Gasteiger partial charge < -0.3 is 26.0 Å². The van der Waals surface area contributed by atoms with Gasteiger partial charge >= 0.3 is 0 Å². The third-order valence-corrected chi connectivity index (χ3v) is 5.56. The first kappa shape index (κ1) is 30.4. The number of aromatic nitrogens is 2. The molecule has 0 unspecified atom stereocenters. The van der Waals surface area contributed by atoms with Gasteiger partial charge in [0.15, 0.2) is 0 Å². The van der Waals surface area contributed by atoms with Crippen molar-refractivity contribution in [2.45, 2.75) is 71.9 Å². The number of hydrogen-bond donors (Lipinski definition) is 4. The van der Waals surface area contributed by atoms with Gasteiger partial charge in [0.1, 0.15) is 5.82 Å². The lowest BCUT2D eigenvalue weighted by molar-refractivity contribution is -0.135. The van der Waals surface area contributed by atoms with E-state index in [1.165, 1.54) is 0 Å². The predicted octanol–water partition coefficient (Wildman–Crippen LogP) is 1.15. The van der Waals surface area contributed by atoms with Crippen LogP contribution in [0, 0.1) is 19.8 Å². The molecule has 35 heavy (non-hydrogen) atoms. The molecular formula is C24H41N5O6. The summed E-state index contributed by atoms with van der Waals surface area (Å²) in [6, 6.07) is 2.60. The van der Waals surface area contributed by atoms with E-state index >= 15 is 0 Å². The van der Waals surface area contributed by atoms with E-state index in [-0.39, 0.29) is 17.9 Å². The Labute approximate surface area is 207 Å². The van der Waals surface area contributed by atoms with Crippen molar-refractivity contribution < 1.29 is 29.3 Å². The first-order valence-electron chi connectivity index (χ1n) is 12.0. The van der Waals surface area contributed by atoms with Crippen LogP contribution in [0.2, 0.25) is 0 Å². The van der Waals surface area contributed by atoms with Crippen LogP contribution in [0.25, 0.3) is 0 Å². The quantitative estimate of drug-likeness (QED) is 0.465. The highest BCUT2D eigenvalue weighted by atomic mass is 16.5. The van der Waals surface area contributed by atoms with Crippen LogP contribution in [0.3, 0.4) is 0 Å². The summed E-state index contributed by atoms with van der Waals surface area (Å²) in [5, 5.41) is 17.9. The molecule has 1 amide bonds. The minimum atomic E-state index is -0.833. The average molecular weight is 496 g/mol. The zero-order valence-corrected chi connectivity index (χ0v) is 21.3. The summed E-state index contributed by atoms with van der Waals surface area (Å²) in [6.07, 6.45) is 4.48. The minimum Gasteiger partial charge on any atom is -0.481 e. The van der Waals surface area contributed by atoms with Crippen molar-refractivity contribution >= 4 is 17.8 Å². The fourth-order valence-electron chi connectivity index (χ4n) is 4.17. The first-order valence-corrected chi connectivity index (χ1v) is 12.0. The van der Waals surface area contributed by atoms with Crippen LogP contribution >= 0.6 is 0 Å². The Bertz CT molecular complexity index is 775. The highest BCUT2D eigenvalue weighted by molar-refractivity contribution is 5.78. The van der Waals surface area contributed by atoms with Crippen molar-refractivity contribution in [3.63, 3.8) is 0 Å². The number of carboxylic acid groups (broad SMARTS) is 2. The second-order valence-corrected chi connectivity index (χ2v) is 8.98. The molecule has 0 aliphatic carbocycles. The fourth-order valence-corrected chi connectivity index (χ4v) is 4.17. The monoisotopic (exact) mass is 495 g/mol. The molecule has 1 aromatic heterocycles. The number of likely N-dealkylation sites (tertiary alicyclic amines) is 1. The standard InChI is InChI=1S/C20H33N5O2.2C2H4O2/c1-14-11-15(2)24-19(23-14)5-8-22-20(26)16-3-4-17(21)13-25(12-16)18-6-9-27-10-7-18;2*1-2(3)4/h11,16-18H,3-10,12-13,21H2,1-2H3,(H,22,26);2*1H3,(H,3,4)/t16-,17+;;/m1../s1. The van der Waals surface area contributed by atoms with Crippen LogP contribution in [-0.2, 0) is 25.5 Å². The van der Waals surface area contributed by atoms with E-state index in [0.717, 1.165) is 83.0 Å². The van der Waals surface area contributed by atoms with Gasteiger partial charge in [-0.3, -0.25) is 19.3 Å². The van der Waals surface area contributed by atoms with Crippen molar-refractivity contribution in [2.24, 2.45) is 11.7 Å². The van der Waals surface area contributed by atoms with E-state index in [1.54, 1.807) is 0 Å². The largest absolute Gasteiger partial charge is 0.481 e. The van der Waals surface area contributed by atoms with Gasteiger partial charge in [0.05, 0.1) is 5.92 Å². The third-order valence-electron chi connectivity index (χ3n) is 5.56. The number of ether oxygens (including phenoxy) is 1. The molecule has 2 fully saturated rings. The zero-order valence-electron chi connectivity index (χ0n) is 21.3. The summed E-state index contributed by atoms with van der Waals surface area (Å²) in [4.78, 5) is 42.1. The number of rotatable bonds is 5. The van der Waals surface area contributed by atoms with Gasteiger partial charge in [-0.2, -0.15) is 0 Å². The van der Waals surface area contributed by atoms with Crippen molar-refractivity contribution in [1.82, 2.24) is 20.2 Å². The maximum absolute atomic E-state index is 12.8. The number of nitrogens with two attached hydrogens (primary N) is 1. The van der Waals surface area contributed by atoms with Gasteiger partial charge in [-0.25, -0.2) is 9.97 Å². The number of carboxylic acids is 2. The van der Waals surface area contributed by atoms with Crippen molar-refractivity contribution in [3.05, 3.63) is 23.3 Å². The molecule has 198 valence electrons. The molecule has 1 aromatic rings. The Kier molecular flexibility index (Phi) is 14.0. The van der Waals surface area contributed by atoms with Gasteiger partial charge in [-0.15, -0.1) is 0 Å². The molecule has 0 saturated carbocycles. The number of aliphatic carboxylic acids is 2. The second-order valence-electron chi connectivity index (χ2n) is 8.98. The van der Waals surface area contributed by atoms with Crippen LogP contribution in [0.5, 0.6) is 0 Å². The lowest BCUT2D eigenvalue weighted by Gasteiger charge is -2.35. The van der Waals surface area contributed by atoms with E-state index in [4.69, 9.17) is 30.3 Å². The number of carbonyl (C=O) groups is 3. The normalized spacial score (nSPS) is 20.8. The van der Waals surface area contributed by atoms with Crippen LogP contribution in [0.15, 0.2) is 6.07 Å². The van der Waals surface area contributed by atoms with E-state index in [1.807, 2.05) is 19.9 Å². The number of amides is 1. The van der Waals surface area contributed by atoms with Crippen LogP contribution < -0.4 is 11.1 Å². The Morgan fingerprint density at radius 1 is 1.03 bits per heavy atom. The third kappa shape index (κ3) is 13.7. The van der Waals surface area contributed by atoms with Crippen molar-refractivity contribution in [2.75, 3.05) is 32.8 Å². The molecule has 3 rings (SSSR count). The first-order chi connectivity index (χ1) is 16.5. The van der Waals surface area contributed by atoms with Crippen molar-refractivity contribution in [1.29, 1.82) is 0 Å². The molecule has 2 aliphatic rings.